The first kappa shape index (κ1) is 15.4. The fourth-order valence-electron chi connectivity index (χ4n) is 2.43. The molecule has 18 heavy (non-hydrogen) atoms. The minimum absolute atomic E-state index is 0.00670. The third kappa shape index (κ3) is 4.24. The van der Waals surface area contributed by atoms with E-state index < -0.39 is 9.84 Å². The normalized spacial score (nSPS) is 29.0. The Morgan fingerprint density at radius 2 is 2.00 bits per heavy atom. The lowest BCUT2D eigenvalue weighted by atomic mass is 9.77. The minimum atomic E-state index is -3.03. The number of rotatable bonds is 4. The minimum Gasteiger partial charge on any atom is -0.344 e. The topological polar surface area (TPSA) is 80.5 Å². The third-order valence-electron chi connectivity index (χ3n) is 3.79. The van der Waals surface area contributed by atoms with Crippen molar-refractivity contribution in [2.75, 3.05) is 25.6 Å². The van der Waals surface area contributed by atoms with Crippen LogP contribution in [0.15, 0.2) is 0 Å². The van der Waals surface area contributed by atoms with Gasteiger partial charge in [0.2, 0.25) is 5.91 Å². The van der Waals surface area contributed by atoms with Crippen LogP contribution >= 0.6 is 0 Å². The highest BCUT2D eigenvalue weighted by molar-refractivity contribution is 7.90. The first-order chi connectivity index (χ1) is 8.22. The molecule has 0 radical (unpaired) electrons. The highest BCUT2D eigenvalue weighted by Gasteiger charge is 2.34. The molecule has 0 heterocycles. The lowest BCUT2D eigenvalue weighted by Crippen LogP contribution is -2.48. The van der Waals surface area contributed by atoms with Gasteiger partial charge in [-0.15, -0.1) is 0 Å². The summed E-state index contributed by atoms with van der Waals surface area (Å²) in [5, 5.41) is 0. The quantitative estimate of drug-likeness (QED) is 0.798. The second-order valence-corrected chi connectivity index (χ2v) is 7.74. The van der Waals surface area contributed by atoms with Gasteiger partial charge >= 0.3 is 0 Å². The molecule has 1 aliphatic rings. The van der Waals surface area contributed by atoms with Crippen molar-refractivity contribution in [3.8, 4) is 0 Å². The molecule has 1 fully saturated rings. The number of hydrogen-bond donors (Lipinski definition) is 1. The summed E-state index contributed by atoms with van der Waals surface area (Å²) in [5.74, 6) is 0.194. The highest BCUT2D eigenvalue weighted by Crippen LogP contribution is 2.28. The van der Waals surface area contributed by atoms with Crippen LogP contribution in [0.4, 0.5) is 0 Å². The van der Waals surface area contributed by atoms with E-state index in [1.54, 1.807) is 7.05 Å². The summed E-state index contributed by atoms with van der Waals surface area (Å²) in [6.07, 6.45) is 4.08. The van der Waals surface area contributed by atoms with Crippen LogP contribution in [0.1, 0.15) is 26.2 Å². The molecule has 0 spiro atoms. The predicted octanol–water partition coefficient (Wildman–Crippen LogP) is 0.253. The molecule has 0 aromatic carbocycles. The summed E-state index contributed by atoms with van der Waals surface area (Å²) in [7, 11) is -1.38. The highest BCUT2D eigenvalue weighted by atomic mass is 32.2. The van der Waals surface area contributed by atoms with Crippen molar-refractivity contribution in [1.82, 2.24) is 4.90 Å². The van der Waals surface area contributed by atoms with Gasteiger partial charge in [0.25, 0.3) is 0 Å². The second kappa shape index (κ2) is 6.02. The van der Waals surface area contributed by atoms with Crippen molar-refractivity contribution in [1.29, 1.82) is 0 Å². The van der Waals surface area contributed by atoms with Crippen molar-refractivity contribution < 1.29 is 13.2 Å². The Balaban J connectivity index is 2.57. The molecule has 0 saturated heterocycles. The molecule has 0 aromatic heterocycles. The molecule has 0 aliphatic heterocycles. The van der Waals surface area contributed by atoms with Crippen LogP contribution in [0, 0.1) is 11.8 Å². The van der Waals surface area contributed by atoms with Crippen molar-refractivity contribution in [2.45, 2.75) is 32.2 Å². The molecule has 1 amide bonds. The van der Waals surface area contributed by atoms with E-state index in [-0.39, 0.29) is 30.2 Å². The average Bonchev–Trinajstić information content (AvgIpc) is 2.28. The van der Waals surface area contributed by atoms with E-state index in [9.17, 15) is 13.2 Å². The molecular weight excluding hydrogens is 252 g/mol. The van der Waals surface area contributed by atoms with Crippen LogP contribution in [0.3, 0.4) is 0 Å². The lowest BCUT2D eigenvalue weighted by Gasteiger charge is -2.35. The van der Waals surface area contributed by atoms with Crippen LogP contribution in [0.5, 0.6) is 0 Å². The van der Waals surface area contributed by atoms with Gasteiger partial charge in [-0.05, 0) is 18.8 Å². The van der Waals surface area contributed by atoms with Gasteiger partial charge in [0.05, 0.1) is 11.7 Å². The standard InChI is InChI=1S/C12H24N2O3S/c1-9-5-4-6-10(11(9)13)12(15)14(2)7-8-18(3,16)17/h9-11H,4-8,13H2,1-3H3. The van der Waals surface area contributed by atoms with Gasteiger partial charge < -0.3 is 10.6 Å². The summed E-state index contributed by atoms with van der Waals surface area (Å²) in [5.41, 5.74) is 6.08. The smallest absolute Gasteiger partial charge is 0.227 e. The van der Waals surface area contributed by atoms with Crippen molar-refractivity contribution in [3.05, 3.63) is 0 Å². The number of sulfone groups is 1. The molecule has 1 aliphatic carbocycles. The molecule has 1 rings (SSSR count). The zero-order valence-electron chi connectivity index (χ0n) is 11.4. The molecule has 2 N–H and O–H groups in total. The molecule has 6 heteroatoms. The summed E-state index contributed by atoms with van der Waals surface area (Å²) >= 11 is 0. The molecule has 3 unspecified atom stereocenters. The van der Waals surface area contributed by atoms with Gasteiger partial charge in [-0.2, -0.15) is 0 Å². The Labute approximate surface area is 110 Å². The Morgan fingerprint density at radius 1 is 1.39 bits per heavy atom. The summed E-state index contributed by atoms with van der Waals surface area (Å²) in [6, 6.07) is -0.105. The maximum atomic E-state index is 12.2. The van der Waals surface area contributed by atoms with E-state index in [2.05, 4.69) is 6.92 Å². The fraction of sp³-hybridized carbons (Fsp3) is 0.917. The van der Waals surface area contributed by atoms with E-state index in [0.717, 1.165) is 19.3 Å². The molecule has 3 atom stereocenters. The van der Waals surface area contributed by atoms with Gasteiger partial charge in [0.15, 0.2) is 0 Å². The molecule has 5 nitrogen and oxygen atoms in total. The van der Waals surface area contributed by atoms with Crippen molar-refractivity contribution in [3.63, 3.8) is 0 Å². The number of carbonyl (C=O) groups is 1. The van der Waals surface area contributed by atoms with Gasteiger partial charge in [-0.1, -0.05) is 13.3 Å². The number of nitrogens with two attached hydrogens (primary N) is 1. The molecule has 0 bridgehead atoms. The molecule has 0 aromatic rings. The largest absolute Gasteiger partial charge is 0.344 e. The molecule has 106 valence electrons. The molecular formula is C12H24N2O3S. The first-order valence-electron chi connectivity index (χ1n) is 6.40. The van der Waals surface area contributed by atoms with Gasteiger partial charge in [0, 0.05) is 25.9 Å². The number of carbonyl (C=O) groups excluding carboxylic acids is 1. The summed E-state index contributed by atoms with van der Waals surface area (Å²) < 4.78 is 22.2. The summed E-state index contributed by atoms with van der Waals surface area (Å²) in [6.45, 7) is 2.32. The maximum Gasteiger partial charge on any atom is 0.227 e. The van der Waals surface area contributed by atoms with Crippen LogP contribution < -0.4 is 5.73 Å². The molecule has 1 saturated carbocycles. The number of amides is 1. The average molecular weight is 276 g/mol. The Kier molecular flexibility index (Phi) is 5.16. The van der Waals surface area contributed by atoms with Gasteiger partial charge in [-0.3, -0.25) is 4.79 Å². The van der Waals surface area contributed by atoms with Crippen LogP contribution in [-0.2, 0) is 14.6 Å². The predicted molar refractivity (Wildman–Crippen MR) is 71.8 cm³/mol. The van der Waals surface area contributed by atoms with E-state index in [4.69, 9.17) is 5.73 Å². The number of nitrogens with zero attached hydrogens (tertiary/aromatic N) is 1. The van der Waals surface area contributed by atoms with E-state index in [1.165, 1.54) is 11.2 Å². The van der Waals surface area contributed by atoms with Crippen molar-refractivity contribution in [2.24, 2.45) is 17.6 Å². The fourth-order valence-corrected chi connectivity index (χ4v) is 3.03. The van der Waals surface area contributed by atoms with E-state index in [1.807, 2.05) is 0 Å². The number of hydrogen-bond acceptors (Lipinski definition) is 4. The van der Waals surface area contributed by atoms with Crippen LogP contribution in [0.25, 0.3) is 0 Å². The van der Waals surface area contributed by atoms with E-state index in [0.29, 0.717) is 5.92 Å². The van der Waals surface area contributed by atoms with Crippen molar-refractivity contribution >= 4 is 15.7 Å². The van der Waals surface area contributed by atoms with Gasteiger partial charge in [-0.25, -0.2) is 8.42 Å². The SMILES string of the molecule is CC1CCCC(C(=O)N(C)CCS(C)(=O)=O)C1N. The monoisotopic (exact) mass is 276 g/mol. The Hall–Kier alpha value is -0.620. The van der Waals surface area contributed by atoms with Crippen LogP contribution in [0.2, 0.25) is 0 Å². The summed E-state index contributed by atoms with van der Waals surface area (Å²) in [4.78, 5) is 13.7. The zero-order valence-corrected chi connectivity index (χ0v) is 12.2. The third-order valence-corrected chi connectivity index (χ3v) is 4.71. The lowest BCUT2D eigenvalue weighted by molar-refractivity contribution is -0.136. The van der Waals surface area contributed by atoms with Gasteiger partial charge in [0.1, 0.15) is 9.84 Å². The first-order valence-corrected chi connectivity index (χ1v) is 8.46. The Bertz CT molecular complexity index is 394. The maximum absolute atomic E-state index is 12.2. The van der Waals surface area contributed by atoms with Crippen LogP contribution in [-0.4, -0.2) is 50.9 Å². The van der Waals surface area contributed by atoms with E-state index >= 15 is 0 Å². The Morgan fingerprint density at radius 3 is 2.56 bits per heavy atom. The zero-order chi connectivity index (χ0) is 13.9. The second-order valence-electron chi connectivity index (χ2n) is 5.48.